The molecule has 0 unspecified atom stereocenters. The molecule has 0 saturated heterocycles. The van der Waals surface area contributed by atoms with E-state index in [1.54, 1.807) is 0 Å². The van der Waals surface area contributed by atoms with E-state index in [4.69, 9.17) is 27.0 Å². The molecule has 1 rings (SSSR count). The molecule has 0 bridgehead atoms. The molecule has 108 valence electrons. The summed E-state index contributed by atoms with van der Waals surface area (Å²) in [4.78, 5) is 0. The van der Waals surface area contributed by atoms with Crippen molar-refractivity contribution in [3.8, 4) is 5.75 Å². The van der Waals surface area contributed by atoms with Crippen LogP contribution in [-0.2, 0) is 6.42 Å². The molecule has 19 heavy (non-hydrogen) atoms. The van der Waals surface area contributed by atoms with Crippen molar-refractivity contribution >= 4 is 29.3 Å². The second-order valence-corrected chi connectivity index (χ2v) is 7.72. The first kappa shape index (κ1) is 17.1. The highest BCUT2D eigenvalue weighted by atomic mass is 35.9. The zero-order chi connectivity index (χ0) is 13.9. The molecule has 0 atom stereocenters. The van der Waals surface area contributed by atoms with E-state index >= 15 is 0 Å². The number of unbranched alkanes of at least 4 members (excludes halogenated alkanes) is 6. The molecule has 4 heteroatoms. The quantitative estimate of drug-likeness (QED) is 0.331. The van der Waals surface area contributed by atoms with E-state index in [0.717, 1.165) is 12.2 Å². The smallest absolute Gasteiger partial charge is 0.284 e. The Bertz CT molecular complexity index is 345. The summed E-state index contributed by atoms with van der Waals surface area (Å²) in [5.74, 6) is 0.838. The molecule has 0 aliphatic heterocycles. The Balaban J connectivity index is 2.25. The summed E-state index contributed by atoms with van der Waals surface area (Å²) in [7, 11) is 0. The SMILES string of the molecule is CCCCCCCCCc1ccccc1OP(Cl)Cl. The summed E-state index contributed by atoms with van der Waals surface area (Å²) >= 11 is 11.4. The monoisotopic (exact) mass is 320 g/mol. The zero-order valence-corrected chi connectivity index (χ0v) is 14.0. The summed E-state index contributed by atoms with van der Waals surface area (Å²) in [6, 6.07) is 8.03. The fourth-order valence-corrected chi connectivity index (χ4v) is 2.92. The molecule has 0 aliphatic rings. The van der Waals surface area contributed by atoms with Crippen molar-refractivity contribution in [1.29, 1.82) is 0 Å². The third-order valence-corrected chi connectivity index (χ3v) is 3.94. The van der Waals surface area contributed by atoms with E-state index in [-0.39, 0.29) is 0 Å². The van der Waals surface area contributed by atoms with E-state index in [9.17, 15) is 0 Å². The Hall–Kier alpha value is 0.0300. The molecular formula is C15H23Cl2OP. The van der Waals surface area contributed by atoms with E-state index in [1.165, 1.54) is 50.5 Å². The first-order valence-electron chi connectivity index (χ1n) is 7.11. The van der Waals surface area contributed by atoms with Crippen molar-refractivity contribution in [2.24, 2.45) is 0 Å². The Labute approximate surface area is 128 Å². The van der Waals surface area contributed by atoms with Crippen molar-refractivity contribution in [1.82, 2.24) is 0 Å². The minimum absolute atomic E-state index is 0.838. The van der Waals surface area contributed by atoms with Gasteiger partial charge in [-0.2, -0.15) is 0 Å². The average Bonchev–Trinajstić information content (AvgIpc) is 2.39. The second-order valence-electron chi connectivity index (χ2n) is 4.77. The van der Waals surface area contributed by atoms with Crippen LogP contribution in [0.3, 0.4) is 0 Å². The van der Waals surface area contributed by atoms with Crippen LogP contribution in [0.2, 0.25) is 0 Å². The van der Waals surface area contributed by atoms with Gasteiger partial charge in [-0.15, -0.1) is 0 Å². The highest BCUT2D eigenvalue weighted by molar-refractivity contribution is 8.00. The van der Waals surface area contributed by atoms with E-state index in [0.29, 0.717) is 0 Å². The highest BCUT2D eigenvalue weighted by Crippen LogP contribution is 2.48. The van der Waals surface area contributed by atoms with Crippen LogP contribution in [0.15, 0.2) is 24.3 Å². The molecule has 0 amide bonds. The summed E-state index contributed by atoms with van der Waals surface area (Å²) < 4.78 is 5.45. The van der Waals surface area contributed by atoms with Gasteiger partial charge in [-0.3, -0.25) is 0 Å². The van der Waals surface area contributed by atoms with Crippen LogP contribution in [-0.4, -0.2) is 0 Å². The number of hydrogen-bond acceptors (Lipinski definition) is 1. The minimum atomic E-state index is -1.38. The molecular weight excluding hydrogens is 298 g/mol. The highest BCUT2D eigenvalue weighted by Gasteiger charge is 2.07. The van der Waals surface area contributed by atoms with Crippen LogP contribution in [0.5, 0.6) is 5.75 Å². The Morgan fingerprint density at radius 3 is 2.26 bits per heavy atom. The lowest BCUT2D eigenvalue weighted by molar-refractivity contribution is 0.580. The maximum absolute atomic E-state index is 5.72. The maximum atomic E-state index is 5.72. The average molecular weight is 321 g/mol. The standard InChI is InChI=1S/C15H23Cl2OP/c1-2-3-4-5-6-7-8-11-14-12-9-10-13-15(14)18-19(16)17/h9-10,12-13H,2-8,11H2,1H3. The minimum Gasteiger partial charge on any atom is -0.445 e. The van der Waals surface area contributed by atoms with Gasteiger partial charge in [-0.05, 0) is 47.0 Å². The summed E-state index contributed by atoms with van der Waals surface area (Å²) in [6.45, 7) is 0.872. The van der Waals surface area contributed by atoms with Crippen molar-refractivity contribution in [3.63, 3.8) is 0 Å². The normalized spacial score (nSPS) is 10.9. The molecule has 0 radical (unpaired) electrons. The van der Waals surface area contributed by atoms with Crippen LogP contribution < -0.4 is 4.52 Å². The molecule has 0 saturated carbocycles. The van der Waals surface area contributed by atoms with Gasteiger partial charge < -0.3 is 4.52 Å². The number of halogens is 2. The summed E-state index contributed by atoms with van der Waals surface area (Å²) in [5, 5.41) is 0. The van der Waals surface area contributed by atoms with Crippen molar-refractivity contribution in [2.75, 3.05) is 0 Å². The van der Waals surface area contributed by atoms with Gasteiger partial charge in [0, 0.05) is 0 Å². The molecule has 0 heterocycles. The molecule has 1 aromatic rings. The summed E-state index contributed by atoms with van der Waals surface area (Å²) in [5.41, 5.74) is 1.21. The fourth-order valence-electron chi connectivity index (χ4n) is 2.15. The van der Waals surface area contributed by atoms with Gasteiger partial charge in [0.1, 0.15) is 5.75 Å². The molecule has 1 aromatic carbocycles. The molecule has 0 N–H and O–H groups in total. The lowest BCUT2D eigenvalue weighted by Gasteiger charge is -2.10. The molecule has 0 aliphatic carbocycles. The Kier molecular flexibility index (Phi) is 9.69. The Morgan fingerprint density at radius 2 is 1.58 bits per heavy atom. The fraction of sp³-hybridized carbons (Fsp3) is 0.600. The van der Waals surface area contributed by atoms with Crippen LogP contribution in [0.4, 0.5) is 0 Å². The van der Waals surface area contributed by atoms with Gasteiger partial charge in [-0.25, -0.2) is 0 Å². The molecule has 0 spiro atoms. The lowest BCUT2D eigenvalue weighted by Crippen LogP contribution is -1.90. The van der Waals surface area contributed by atoms with E-state index in [2.05, 4.69) is 13.0 Å². The molecule has 0 aromatic heterocycles. The van der Waals surface area contributed by atoms with Gasteiger partial charge in [0.25, 0.3) is 6.85 Å². The van der Waals surface area contributed by atoms with Gasteiger partial charge in [0.15, 0.2) is 0 Å². The number of benzene rings is 1. The number of hydrogen-bond donors (Lipinski definition) is 0. The third kappa shape index (κ3) is 8.02. The first-order valence-corrected chi connectivity index (χ1v) is 10.2. The van der Waals surface area contributed by atoms with Crippen LogP contribution >= 0.6 is 29.3 Å². The third-order valence-electron chi connectivity index (χ3n) is 3.19. The van der Waals surface area contributed by atoms with Crippen LogP contribution in [0.25, 0.3) is 0 Å². The van der Waals surface area contributed by atoms with Gasteiger partial charge in [-0.1, -0.05) is 63.6 Å². The van der Waals surface area contributed by atoms with Crippen molar-refractivity contribution < 1.29 is 4.52 Å². The van der Waals surface area contributed by atoms with E-state index < -0.39 is 6.85 Å². The largest absolute Gasteiger partial charge is 0.445 e. The number of para-hydroxylation sites is 1. The topological polar surface area (TPSA) is 9.23 Å². The molecule has 1 nitrogen and oxygen atoms in total. The number of aryl methyl sites for hydroxylation is 1. The van der Waals surface area contributed by atoms with Crippen LogP contribution in [0, 0.1) is 0 Å². The second kappa shape index (κ2) is 10.8. The lowest BCUT2D eigenvalue weighted by atomic mass is 10.0. The predicted molar refractivity (Wildman–Crippen MR) is 87.4 cm³/mol. The van der Waals surface area contributed by atoms with Crippen molar-refractivity contribution in [2.45, 2.75) is 58.3 Å². The number of rotatable bonds is 10. The van der Waals surface area contributed by atoms with Crippen molar-refractivity contribution in [3.05, 3.63) is 29.8 Å². The van der Waals surface area contributed by atoms with Crippen LogP contribution in [0.1, 0.15) is 57.4 Å². The van der Waals surface area contributed by atoms with Gasteiger partial charge in [0.2, 0.25) is 0 Å². The van der Waals surface area contributed by atoms with Gasteiger partial charge in [0.05, 0.1) is 0 Å². The summed E-state index contributed by atoms with van der Waals surface area (Å²) in [6.07, 6.45) is 10.3. The predicted octanol–water partition coefficient (Wildman–Crippen LogP) is 7.06. The zero-order valence-electron chi connectivity index (χ0n) is 11.6. The Morgan fingerprint density at radius 1 is 0.947 bits per heavy atom. The van der Waals surface area contributed by atoms with E-state index in [1.807, 2.05) is 18.2 Å². The maximum Gasteiger partial charge on any atom is 0.284 e. The van der Waals surface area contributed by atoms with Gasteiger partial charge >= 0.3 is 0 Å². The molecule has 0 fully saturated rings. The first-order chi connectivity index (χ1) is 9.24.